The monoisotopic (exact) mass is 640 g/mol. The van der Waals surface area contributed by atoms with E-state index in [0.29, 0.717) is 50.4 Å². The standard InChI is InChI=1S/C38H40O9/c1-4-36(40)46-25-7-5-23-45-34-20-16-32(17-21-34)35(39)22-11-29-9-12-30(13-10-29)31-14-18-33(19-15-31)44-24-6-8-26-47-38(42)28(2)27-37(41)43-3/h4,9-22H,1-2,5-8,23-27H2,3H3/b22-11+. The summed E-state index contributed by atoms with van der Waals surface area (Å²) in [5, 5.41) is 0. The van der Waals surface area contributed by atoms with Crippen molar-refractivity contribution in [2.24, 2.45) is 0 Å². The van der Waals surface area contributed by atoms with Gasteiger partial charge >= 0.3 is 17.9 Å². The highest BCUT2D eigenvalue weighted by Gasteiger charge is 2.13. The van der Waals surface area contributed by atoms with Gasteiger partial charge in [0.2, 0.25) is 0 Å². The topological polar surface area (TPSA) is 114 Å². The molecule has 0 N–H and O–H groups in total. The van der Waals surface area contributed by atoms with Crippen molar-refractivity contribution in [1.82, 2.24) is 0 Å². The fourth-order valence-electron chi connectivity index (χ4n) is 4.12. The lowest BCUT2D eigenvalue weighted by atomic mass is 10.0. The van der Waals surface area contributed by atoms with Crippen LogP contribution in [0.15, 0.2) is 104 Å². The van der Waals surface area contributed by atoms with Gasteiger partial charge in [-0.1, -0.05) is 55.6 Å². The fraction of sp³-hybridized carbons (Fsp3) is 0.263. The lowest BCUT2D eigenvalue weighted by molar-refractivity contribution is -0.144. The number of rotatable bonds is 20. The molecule has 3 rings (SSSR count). The van der Waals surface area contributed by atoms with E-state index in [4.69, 9.17) is 18.9 Å². The van der Waals surface area contributed by atoms with Gasteiger partial charge in [0, 0.05) is 17.2 Å². The molecule has 0 aliphatic heterocycles. The quantitative estimate of drug-likeness (QED) is 0.0425. The van der Waals surface area contributed by atoms with Crippen LogP contribution in [0.25, 0.3) is 17.2 Å². The number of ketones is 1. The van der Waals surface area contributed by atoms with E-state index in [1.54, 1.807) is 36.4 Å². The summed E-state index contributed by atoms with van der Waals surface area (Å²) in [5.74, 6) is -0.274. The largest absolute Gasteiger partial charge is 0.494 e. The second kappa shape index (κ2) is 19.8. The maximum Gasteiger partial charge on any atom is 0.333 e. The van der Waals surface area contributed by atoms with Crippen LogP contribution >= 0.6 is 0 Å². The van der Waals surface area contributed by atoms with Crippen LogP contribution in [-0.2, 0) is 28.6 Å². The van der Waals surface area contributed by atoms with Crippen molar-refractivity contribution in [1.29, 1.82) is 0 Å². The van der Waals surface area contributed by atoms with Crippen LogP contribution in [0, 0.1) is 0 Å². The number of unbranched alkanes of at least 4 members (excludes halogenated alkanes) is 2. The SMILES string of the molecule is C=CC(=O)OCCCCOc1ccc(C(=O)/C=C/c2ccc(-c3ccc(OCCCCOC(=O)C(=C)CC(=O)OC)cc3)cc2)cc1. The normalized spacial score (nSPS) is 10.6. The predicted molar refractivity (Wildman–Crippen MR) is 179 cm³/mol. The number of hydrogen-bond acceptors (Lipinski definition) is 9. The molecule has 9 nitrogen and oxygen atoms in total. The first-order chi connectivity index (χ1) is 22.8. The van der Waals surface area contributed by atoms with E-state index >= 15 is 0 Å². The average Bonchev–Trinajstić information content (AvgIpc) is 3.10. The van der Waals surface area contributed by atoms with Crippen molar-refractivity contribution < 1.29 is 42.9 Å². The minimum absolute atomic E-state index is 0.0654. The van der Waals surface area contributed by atoms with Crippen LogP contribution in [0.3, 0.4) is 0 Å². The average molecular weight is 641 g/mol. The number of allylic oxidation sites excluding steroid dienone is 1. The first kappa shape index (κ1) is 36.0. The molecule has 0 aliphatic rings. The molecule has 0 bridgehead atoms. The number of ether oxygens (including phenoxy) is 5. The Labute approximate surface area is 275 Å². The number of esters is 3. The van der Waals surface area contributed by atoms with Crippen LogP contribution < -0.4 is 9.47 Å². The second-order valence-electron chi connectivity index (χ2n) is 10.3. The molecule has 0 spiro atoms. The summed E-state index contributed by atoms with van der Waals surface area (Å²) in [6.45, 7) is 8.39. The van der Waals surface area contributed by atoms with Gasteiger partial charge in [-0.3, -0.25) is 9.59 Å². The molecule has 3 aromatic rings. The van der Waals surface area contributed by atoms with Crippen LogP contribution in [0.1, 0.15) is 48.0 Å². The number of methoxy groups -OCH3 is 1. The number of carbonyl (C=O) groups excluding carboxylic acids is 4. The van der Waals surface area contributed by atoms with Crippen LogP contribution in [0.5, 0.6) is 11.5 Å². The zero-order chi connectivity index (χ0) is 33.9. The van der Waals surface area contributed by atoms with Gasteiger partial charge < -0.3 is 23.7 Å². The van der Waals surface area contributed by atoms with E-state index in [1.165, 1.54) is 7.11 Å². The Morgan fingerprint density at radius 2 is 1.19 bits per heavy atom. The van der Waals surface area contributed by atoms with Crippen LogP contribution in [-0.4, -0.2) is 57.2 Å². The van der Waals surface area contributed by atoms with Gasteiger partial charge in [0.05, 0.1) is 40.0 Å². The molecule has 0 fully saturated rings. The molecule has 3 aromatic carbocycles. The molecule has 0 heterocycles. The second-order valence-corrected chi connectivity index (χ2v) is 10.3. The third-order valence-electron chi connectivity index (χ3n) is 6.80. The van der Waals surface area contributed by atoms with Gasteiger partial charge in [-0.05, 0) is 84.8 Å². The first-order valence-corrected chi connectivity index (χ1v) is 15.3. The molecule has 0 aliphatic carbocycles. The molecule has 9 heteroatoms. The van der Waals surface area contributed by atoms with E-state index in [2.05, 4.69) is 17.9 Å². The van der Waals surface area contributed by atoms with Crippen LogP contribution in [0.4, 0.5) is 0 Å². The van der Waals surface area contributed by atoms with Crippen molar-refractivity contribution in [2.45, 2.75) is 32.1 Å². The van der Waals surface area contributed by atoms with Crippen molar-refractivity contribution in [3.63, 3.8) is 0 Å². The van der Waals surface area contributed by atoms with Crippen LogP contribution in [0.2, 0.25) is 0 Å². The summed E-state index contributed by atoms with van der Waals surface area (Å²) in [4.78, 5) is 46.7. The molecule has 0 saturated heterocycles. The Morgan fingerprint density at radius 1 is 0.681 bits per heavy atom. The summed E-state index contributed by atoms with van der Waals surface area (Å²) >= 11 is 0. The van der Waals surface area contributed by atoms with E-state index < -0.39 is 17.9 Å². The van der Waals surface area contributed by atoms with E-state index in [-0.39, 0.29) is 24.4 Å². The molecule has 0 unspecified atom stereocenters. The van der Waals surface area contributed by atoms with Gasteiger partial charge in [0.15, 0.2) is 5.78 Å². The summed E-state index contributed by atoms with van der Waals surface area (Å²) < 4.78 is 26.0. The molecular weight excluding hydrogens is 600 g/mol. The lowest BCUT2D eigenvalue weighted by Gasteiger charge is -2.09. The maximum absolute atomic E-state index is 12.7. The highest BCUT2D eigenvalue weighted by Crippen LogP contribution is 2.23. The fourth-order valence-corrected chi connectivity index (χ4v) is 4.12. The Morgan fingerprint density at radius 3 is 1.74 bits per heavy atom. The summed E-state index contributed by atoms with van der Waals surface area (Å²) in [6, 6.07) is 22.7. The number of carbonyl (C=O) groups is 4. The van der Waals surface area contributed by atoms with Crippen molar-refractivity contribution in [3.8, 4) is 22.6 Å². The Kier molecular flexibility index (Phi) is 15.2. The molecule has 246 valence electrons. The molecule has 0 aromatic heterocycles. The number of hydrogen-bond donors (Lipinski definition) is 0. The smallest absolute Gasteiger partial charge is 0.333 e. The van der Waals surface area contributed by atoms with Gasteiger partial charge in [-0.25, -0.2) is 9.59 Å². The van der Waals surface area contributed by atoms with Crippen molar-refractivity contribution >= 4 is 29.8 Å². The summed E-state index contributed by atoms with van der Waals surface area (Å²) in [7, 11) is 1.25. The van der Waals surface area contributed by atoms with E-state index in [9.17, 15) is 19.2 Å². The molecule has 0 saturated carbocycles. The number of benzene rings is 3. The maximum atomic E-state index is 12.7. The third kappa shape index (κ3) is 13.2. The minimum atomic E-state index is -0.603. The molecule has 0 atom stereocenters. The zero-order valence-electron chi connectivity index (χ0n) is 26.6. The molecular formula is C38H40O9. The minimum Gasteiger partial charge on any atom is -0.494 e. The lowest BCUT2D eigenvalue weighted by Crippen LogP contribution is -2.13. The Balaban J connectivity index is 1.36. The highest BCUT2D eigenvalue weighted by molar-refractivity contribution is 6.06. The summed E-state index contributed by atoms with van der Waals surface area (Å²) in [5.41, 5.74) is 3.59. The van der Waals surface area contributed by atoms with Gasteiger partial charge in [-0.2, -0.15) is 0 Å². The third-order valence-corrected chi connectivity index (χ3v) is 6.80. The van der Waals surface area contributed by atoms with Crippen molar-refractivity contribution in [2.75, 3.05) is 33.5 Å². The Bertz CT molecular complexity index is 1520. The molecule has 47 heavy (non-hydrogen) atoms. The highest BCUT2D eigenvalue weighted by atomic mass is 16.5. The molecule has 0 amide bonds. The first-order valence-electron chi connectivity index (χ1n) is 15.3. The zero-order valence-corrected chi connectivity index (χ0v) is 26.6. The summed E-state index contributed by atoms with van der Waals surface area (Å²) in [6.07, 6.45) is 7.01. The van der Waals surface area contributed by atoms with E-state index in [1.807, 2.05) is 48.5 Å². The van der Waals surface area contributed by atoms with E-state index in [0.717, 1.165) is 34.9 Å². The van der Waals surface area contributed by atoms with Gasteiger partial charge in [-0.15, -0.1) is 0 Å². The van der Waals surface area contributed by atoms with Gasteiger partial charge in [0.25, 0.3) is 0 Å². The van der Waals surface area contributed by atoms with Crippen molar-refractivity contribution in [3.05, 3.63) is 115 Å². The Hall–Kier alpha value is -5.44. The molecule has 0 radical (unpaired) electrons. The predicted octanol–water partition coefficient (Wildman–Crippen LogP) is 6.96. The van der Waals surface area contributed by atoms with Gasteiger partial charge in [0.1, 0.15) is 11.5 Å².